The van der Waals surface area contributed by atoms with Gasteiger partial charge >= 0.3 is 0 Å². The van der Waals surface area contributed by atoms with Gasteiger partial charge in [-0.1, -0.05) is 5.57 Å². The molecule has 2 fully saturated rings. The lowest BCUT2D eigenvalue weighted by molar-refractivity contribution is -0.127. The third-order valence-electron chi connectivity index (χ3n) is 4.37. The predicted octanol–water partition coefficient (Wildman–Crippen LogP) is 1.83. The minimum absolute atomic E-state index is 0.0243. The van der Waals surface area contributed by atoms with Crippen molar-refractivity contribution in [1.82, 2.24) is 9.88 Å². The summed E-state index contributed by atoms with van der Waals surface area (Å²) in [6.45, 7) is -0.575. The Morgan fingerprint density at radius 3 is 2.48 bits per heavy atom. The first-order chi connectivity index (χ1) is 13.5. The summed E-state index contributed by atoms with van der Waals surface area (Å²) in [7, 11) is -3.98. The van der Waals surface area contributed by atoms with Crippen LogP contribution in [0.25, 0.3) is 0 Å². The number of amides is 3. The van der Waals surface area contributed by atoms with Crippen molar-refractivity contribution < 1.29 is 31.6 Å². The number of aromatic nitrogens is 1. The lowest BCUT2D eigenvalue weighted by Crippen LogP contribution is -2.36. The molecule has 0 bridgehead atoms. The number of halogens is 2. The number of hydrogen-bond acceptors (Lipinski definition) is 7. The first kappa shape index (κ1) is 21.3. The topological polar surface area (TPSA) is 140 Å². The molecule has 13 heteroatoms. The maximum absolute atomic E-state index is 13.3. The van der Waals surface area contributed by atoms with E-state index in [-0.39, 0.29) is 41.3 Å². The molecule has 2 aliphatic rings. The fourth-order valence-corrected chi connectivity index (χ4v) is 4.30. The van der Waals surface area contributed by atoms with Crippen molar-refractivity contribution in [2.75, 3.05) is 11.9 Å². The molecule has 0 atom stereocenters. The van der Waals surface area contributed by atoms with Gasteiger partial charge < -0.3 is 5.32 Å². The SMILES string of the molecule is NS(=O)(=O)c1ccc(NC(=O)CN2C(=O)SC(=C3CCC(F)(F)CC3)C2=O)cn1. The molecule has 0 aromatic carbocycles. The summed E-state index contributed by atoms with van der Waals surface area (Å²) in [6, 6.07) is 2.34. The minimum atomic E-state index is -3.98. The lowest BCUT2D eigenvalue weighted by Gasteiger charge is -2.24. The van der Waals surface area contributed by atoms with Crippen molar-refractivity contribution in [2.45, 2.75) is 36.6 Å². The van der Waals surface area contributed by atoms with Crippen molar-refractivity contribution in [3.8, 4) is 0 Å². The molecule has 1 saturated carbocycles. The number of alkyl halides is 2. The molecule has 3 N–H and O–H groups in total. The Morgan fingerprint density at radius 2 is 1.93 bits per heavy atom. The number of nitrogens with zero attached hydrogens (tertiary/aromatic N) is 2. The van der Waals surface area contributed by atoms with E-state index >= 15 is 0 Å². The first-order valence-corrected chi connectivity index (χ1v) is 10.7. The van der Waals surface area contributed by atoms with Crippen LogP contribution in [0.15, 0.2) is 33.8 Å². The highest BCUT2D eigenvalue weighted by Gasteiger charge is 2.41. The van der Waals surface area contributed by atoms with E-state index in [2.05, 4.69) is 10.3 Å². The Bertz CT molecular complexity index is 997. The highest BCUT2D eigenvalue weighted by atomic mass is 32.2. The van der Waals surface area contributed by atoms with E-state index < -0.39 is 39.5 Å². The minimum Gasteiger partial charge on any atom is -0.323 e. The molecule has 1 aromatic rings. The maximum atomic E-state index is 13.3. The fraction of sp³-hybridized carbons (Fsp3) is 0.375. The zero-order chi connectivity index (χ0) is 21.4. The van der Waals surface area contributed by atoms with Crippen LogP contribution in [0.2, 0.25) is 0 Å². The Balaban J connectivity index is 1.65. The summed E-state index contributed by atoms with van der Waals surface area (Å²) in [4.78, 5) is 41.2. The number of nitrogens with one attached hydrogen (secondary N) is 1. The number of anilines is 1. The number of carbonyl (C=O) groups is 3. The first-order valence-electron chi connectivity index (χ1n) is 8.38. The number of thioether (sulfide) groups is 1. The van der Waals surface area contributed by atoms with Crippen LogP contribution in [0.1, 0.15) is 25.7 Å². The average Bonchev–Trinajstić information content (AvgIpc) is 2.89. The zero-order valence-electron chi connectivity index (χ0n) is 14.9. The third-order valence-corrected chi connectivity index (χ3v) is 6.26. The number of rotatable bonds is 4. The summed E-state index contributed by atoms with van der Waals surface area (Å²) >= 11 is 0.641. The smallest absolute Gasteiger partial charge is 0.294 e. The summed E-state index contributed by atoms with van der Waals surface area (Å²) in [6.07, 6.45) is 0.355. The van der Waals surface area contributed by atoms with Gasteiger partial charge in [0.2, 0.25) is 11.8 Å². The van der Waals surface area contributed by atoms with Gasteiger partial charge in [-0.2, -0.15) is 0 Å². The van der Waals surface area contributed by atoms with Gasteiger partial charge in [0.15, 0.2) is 5.03 Å². The van der Waals surface area contributed by atoms with Crippen LogP contribution >= 0.6 is 11.8 Å². The predicted molar refractivity (Wildman–Crippen MR) is 99.4 cm³/mol. The molecular formula is C16H16F2N4O5S2. The average molecular weight is 446 g/mol. The molecule has 1 saturated heterocycles. The second-order valence-corrected chi connectivity index (χ2v) is 9.00. The lowest BCUT2D eigenvalue weighted by atomic mass is 9.91. The Morgan fingerprint density at radius 1 is 1.28 bits per heavy atom. The van der Waals surface area contributed by atoms with Gasteiger partial charge in [0.1, 0.15) is 6.54 Å². The fourth-order valence-electron chi connectivity index (χ4n) is 2.86. The van der Waals surface area contributed by atoms with Gasteiger partial charge in [-0.25, -0.2) is 27.3 Å². The number of primary sulfonamides is 1. The number of pyridine rings is 1. The van der Waals surface area contributed by atoms with E-state index in [1.165, 1.54) is 6.07 Å². The van der Waals surface area contributed by atoms with Crippen molar-refractivity contribution in [2.24, 2.45) is 5.14 Å². The van der Waals surface area contributed by atoms with E-state index in [0.29, 0.717) is 17.3 Å². The third kappa shape index (κ3) is 4.97. The molecule has 1 aliphatic carbocycles. The van der Waals surface area contributed by atoms with E-state index in [1.807, 2.05) is 0 Å². The van der Waals surface area contributed by atoms with E-state index in [4.69, 9.17) is 5.14 Å². The summed E-state index contributed by atoms with van der Waals surface area (Å²) in [5.41, 5.74) is 0.646. The Kier molecular flexibility index (Phi) is 5.74. The van der Waals surface area contributed by atoms with E-state index in [1.54, 1.807) is 0 Å². The molecule has 3 rings (SSSR count). The van der Waals surface area contributed by atoms with Gasteiger partial charge in [-0.05, 0) is 36.7 Å². The molecule has 2 heterocycles. The number of allylic oxidation sites excluding steroid dienone is 1. The zero-order valence-corrected chi connectivity index (χ0v) is 16.5. The number of nitrogens with two attached hydrogens (primary N) is 1. The van der Waals surface area contributed by atoms with Crippen molar-refractivity contribution in [1.29, 1.82) is 0 Å². The molecule has 0 unspecified atom stereocenters. The standard InChI is InChI=1S/C16H16F2N4O5S2/c17-16(18)5-3-9(4-6-16)13-14(24)22(15(25)28-13)8-11(23)21-10-1-2-12(20-7-10)29(19,26)27/h1-2,7H,3-6,8H2,(H,21,23)(H2,19,26,27). The monoisotopic (exact) mass is 446 g/mol. The highest BCUT2D eigenvalue weighted by molar-refractivity contribution is 8.18. The number of imide groups is 1. The molecule has 0 spiro atoms. The van der Waals surface area contributed by atoms with Crippen LogP contribution < -0.4 is 10.5 Å². The maximum Gasteiger partial charge on any atom is 0.294 e. The summed E-state index contributed by atoms with van der Waals surface area (Å²) in [5.74, 6) is -4.16. The summed E-state index contributed by atoms with van der Waals surface area (Å²) in [5, 5.41) is 6.27. The number of hydrogen-bond donors (Lipinski definition) is 2. The molecule has 1 aromatic heterocycles. The van der Waals surface area contributed by atoms with Crippen LogP contribution in [0.4, 0.5) is 19.3 Å². The second-order valence-electron chi connectivity index (χ2n) is 6.53. The van der Waals surface area contributed by atoms with Crippen molar-refractivity contribution in [3.63, 3.8) is 0 Å². The summed E-state index contributed by atoms with van der Waals surface area (Å²) < 4.78 is 48.9. The van der Waals surface area contributed by atoms with E-state index in [0.717, 1.165) is 17.2 Å². The molecule has 3 amide bonds. The number of sulfonamides is 1. The van der Waals surface area contributed by atoms with Crippen LogP contribution in [0.3, 0.4) is 0 Å². The molecular weight excluding hydrogens is 430 g/mol. The second kappa shape index (κ2) is 7.80. The van der Waals surface area contributed by atoms with Crippen molar-refractivity contribution in [3.05, 3.63) is 28.8 Å². The Hall–Kier alpha value is -2.38. The quantitative estimate of drug-likeness (QED) is 0.673. The number of carbonyl (C=O) groups excluding carboxylic acids is 3. The molecule has 1 aliphatic heterocycles. The van der Waals surface area contributed by atoms with Crippen LogP contribution in [0.5, 0.6) is 0 Å². The van der Waals surface area contributed by atoms with Gasteiger partial charge in [0.05, 0.1) is 16.8 Å². The highest BCUT2D eigenvalue weighted by Crippen LogP contribution is 2.42. The van der Waals surface area contributed by atoms with Gasteiger partial charge in [-0.3, -0.25) is 19.3 Å². The molecule has 9 nitrogen and oxygen atoms in total. The van der Waals surface area contributed by atoms with Gasteiger partial charge in [0, 0.05) is 12.8 Å². The van der Waals surface area contributed by atoms with Crippen molar-refractivity contribution >= 4 is 44.5 Å². The van der Waals surface area contributed by atoms with Crippen LogP contribution in [-0.2, 0) is 19.6 Å². The molecule has 0 radical (unpaired) electrons. The van der Waals surface area contributed by atoms with Gasteiger partial charge in [0.25, 0.3) is 21.2 Å². The largest absolute Gasteiger partial charge is 0.323 e. The van der Waals surface area contributed by atoms with Crippen LogP contribution in [0, 0.1) is 0 Å². The molecule has 29 heavy (non-hydrogen) atoms. The normalized spacial score (nSPS) is 19.6. The van der Waals surface area contributed by atoms with Crippen LogP contribution in [-0.4, -0.2) is 47.8 Å². The van der Waals surface area contributed by atoms with Gasteiger partial charge in [-0.15, -0.1) is 0 Å². The molecule has 156 valence electrons. The Labute approximate surface area is 168 Å². The van der Waals surface area contributed by atoms with E-state index in [9.17, 15) is 31.6 Å².